The third kappa shape index (κ3) is 6.00. The van der Waals surface area contributed by atoms with E-state index in [1.54, 1.807) is 42.5 Å². The van der Waals surface area contributed by atoms with E-state index < -0.39 is 5.97 Å². The highest BCUT2D eigenvalue weighted by atomic mass is 32.1. The predicted molar refractivity (Wildman–Crippen MR) is 98.4 cm³/mol. The zero-order chi connectivity index (χ0) is 18.9. The molecule has 0 aliphatic carbocycles. The number of amides is 1. The van der Waals surface area contributed by atoms with Crippen molar-refractivity contribution in [3.63, 3.8) is 0 Å². The van der Waals surface area contributed by atoms with Crippen LogP contribution >= 0.6 is 11.3 Å². The number of nitrogens with one attached hydrogen (secondary N) is 1. The van der Waals surface area contributed by atoms with Crippen LogP contribution in [0.1, 0.15) is 41.5 Å². The second-order valence-electron chi connectivity index (χ2n) is 5.56. The number of carbonyl (C=O) groups is 3. The summed E-state index contributed by atoms with van der Waals surface area (Å²) in [4.78, 5) is 36.0. The lowest BCUT2D eigenvalue weighted by molar-refractivity contribution is -0.150. The van der Waals surface area contributed by atoms with Crippen LogP contribution in [0.2, 0.25) is 0 Å². The van der Waals surface area contributed by atoms with Crippen molar-refractivity contribution in [3.8, 4) is 5.75 Å². The van der Waals surface area contributed by atoms with E-state index in [0.717, 1.165) is 4.88 Å². The minimum atomic E-state index is -0.641. The van der Waals surface area contributed by atoms with Crippen LogP contribution in [0.15, 0.2) is 41.8 Å². The Hall–Kier alpha value is -2.67. The van der Waals surface area contributed by atoms with Gasteiger partial charge in [0, 0.05) is 16.9 Å². The van der Waals surface area contributed by atoms with Gasteiger partial charge in [-0.15, -0.1) is 11.3 Å². The molecule has 6 nitrogen and oxygen atoms in total. The fraction of sp³-hybridized carbons (Fsp3) is 0.316. The Labute approximate surface area is 156 Å². The van der Waals surface area contributed by atoms with Gasteiger partial charge in [-0.1, -0.05) is 13.0 Å². The Balaban J connectivity index is 1.70. The number of benzene rings is 1. The van der Waals surface area contributed by atoms with Crippen molar-refractivity contribution in [2.45, 2.75) is 26.3 Å². The smallest absolute Gasteiger partial charge is 0.344 e. The van der Waals surface area contributed by atoms with E-state index in [1.807, 2.05) is 24.4 Å². The van der Waals surface area contributed by atoms with Crippen molar-refractivity contribution in [1.82, 2.24) is 5.32 Å². The van der Waals surface area contributed by atoms with Crippen LogP contribution in [-0.2, 0) is 14.3 Å². The number of hydrogen-bond acceptors (Lipinski definition) is 6. The lowest BCUT2D eigenvalue weighted by Gasteiger charge is -2.12. The number of ketones is 1. The van der Waals surface area contributed by atoms with E-state index >= 15 is 0 Å². The van der Waals surface area contributed by atoms with Gasteiger partial charge in [0.2, 0.25) is 0 Å². The minimum Gasteiger partial charge on any atom is -0.482 e. The molecule has 7 heteroatoms. The number of carbonyl (C=O) groups excluding carboxylic acids is 3. The Morgan fingerprint density at radius 3 is 2.46 bits per heavy atom. The molecular weight excluding hydrogens is 354 g/mol. The molecule has 0 aliphatic rings. The standard InChI is InChI=1S/C19H21NO5S/c1-3-16(21)14-6-8-15(9-7-14)24-12-19(23)25-11-18(22)20-13(2)17-5-4-10-26-17/h4-10,13H,3,11-12H2,1-2H3,(H,20,22)/t13-/m1/s1. The topological polar surface area (TPSA) is 81.7 Å². The summed E-state index contributed by atoms with van der Waals surface area (Å²) < 4.78 is 10.2. The summed E-state index contributed by atoms with van der Waals surface area (Å²) in [5, 5.41) is 4.69. The average Bonchev–Trinajstić information content (AvgIpc) is 3.19. The third-order valence-corrected chi connectivity index (χ3v) is 4.62. The zero-order valence-electron chi connectivity index (χ0n) is 14.7. The molecule has 0 fully saturated rings. The molecule has 0 saturated carbocycles. The monoisotopic (exact) mass is 375 g/mol. The first-order valence-corrected chi connectivity index (χ1v) is 9.12. The summed E-state index contributed by atoms with van der Waals surface area (Å²) in [6.45, 7) is 2.98. The number of ether oxygens (including phenoxy) is 2. The fourth-order valence-electron chi connectivity index (χ4n) is 2.16. The SMILES string of the molecule is CCC(=O)c1ccc(OCC(=O)OCC(=O)N[C@H](C)c2cccs2)cc1. The summed E-state index contributed by atoms with van der Waals surface area (Å²) in [5.41, 5.74) is 0.596. The second kappa shape index (κ2) is 9.72. The first kappa shape index (κ1) is 19.7. The molecule has 0 radical (unpaired) electrons. The van der Waals surface area contributed by atoms with Gasteiger partial charge in [-0.2, -0.15) is 0 Å². The molecule has 26 heavy (non-hydrogen) atoms. The number of thiophene rings is 1. The number of Topliss-reactive ketones (excluding diaryl/α,β-unsaturated/α-hetero) is 1. The zero-order valence-corrected chi connectivity index (χ0v) is 15.5. The Morgan fingerprint density at radius 2 is 1.85 bits per heavy atom. The van der Waals surface area contributed by atoms with E-state index in [9.17, 15) is 14.4 Å². The molecule has 0 bridgehead atoms. The van der Waals surface area contributed by atoms with Gasteiger partial charge in [0.15, 0.2) is 19.0 Å². The first-order valence-electron chi connectivity index (χ1n) is 8.24. The minimum absolute atomic E-state index is 0.0405. The fourth-order valence-corrected chi connectivity index (χ4v) is 2.90. The van der Waals surface area contributed by atoms with Crippen molar-refractivity contribution >= 4 is 29.0 Å². The highest BCUT2D eigenvalue weighted by molar-refractivity contribution is 7.10. The molecule has 2 aromatic rings. The quantitative estimate of drug-likeness (QED) is 0.538. The molecule has 1 heterocycles. The molecule has 1 aromatic heterocycles. The Bertz CT molecular complexity index is 740. The first-order chi connectivity index (χ1) is 12.5. The van der Waals surface area contributed by atoms with Gasteiger partial charge in [-0.3, -0.25) is 9.59 Å². The van der Waals surface area contributed by atoms with Crippen LogP contribution in [-0.4, -0.2) is 30.9 Å². The van der Waals surface area contributed by atoms with Gasteiger partial charge in [0.05, 0.1) is 6.04 Å². The van der Waals surface area contributed by atoms with Gasteiger partial charge in [-0.25, -0.2) is 4.79 Å². The van der Waals surface area contributed by atoms with Gasteiger partial charge in [-0.05, 0) is 42.6 Å². The van der Waals surface area contributed by atoms with Crippen LogP contribution in [0.3, 0.4) is 0 Å². The largest absolute Gasteiger partial charge is 0.482 e. The molecule has 0 unspecified atom stereocenters. The summed E-state index contributed by atoms with van der Waals surface area (Å²) in [6.07, 6.45) is 0.430. The number of esters is 1. The maximum atomic E-state index is 11.8. The molecule has 1 N–H and O–H groups in total. The summed E-state index contributed by atoms with van der Waals surface area (Å²) in [7, 11) is 0. The van der Waals surface area contributed by atoms with Gasteiger partial charge in [0.1, 0.15) is 5.75 Å². The molecular formula is C19H21NO5S. The van der Waals surface area contributed by atoms with Crippen molar-refractivity contribution in [1.29, 1.82) is 0 Å². The van der Waals surface area contributed by atoms with E-state index in [2.05, 4.69) is 5.32 Å². The maximum absolute atomic E-state index is 11.8. The molecule has 1 amide bonds. The van der Waals surface area contributed by atoms with Crippen LogP contribution in [0, 0.1) is 0 Å². The van der Waals surface area contributed by atoms with Gasteiger partial charge in [0.25, 0.3) is 5.91 Å². The normalized spacial score (nSPS) is 11.5. The third-order valence-electron chi connectivity index (χ3n) is 3.57. The summed E-state index contributed by atoms with van der Waals surface area (Å²) in [5.74, 6) is -0.525. The number of hydrogen-bond donors (Lipinski definition) is 1. The lowest BCUT2D eigenvalue weighted by Crippen LogP contribution is -2.31. The second-order valence-corrected chi connectivity index (χ2v) is 6.53. The molecule has 0 aliphatic heterocycles. The van der Waals surface area contributed by atoms with E-state index in [0.29, 0.717) is 17.7 Å². The molecule has 0 saturated heterocycles. The van der Waals surface area contributed by atoms with Crippen molar-refractivity contribution in [2.75, 3.05) is 13.2 Å². The van der Waals surface area contributed by atoms with E-state index in [1.165, 1.54) is 0 Å². The molecule has 2 rings (SSSR count). The van der Waals surface area contributed by atoms with Crippen LogP contribution in [0.25, 0.3) is 0 Å². The van der Waals surface area contributed by atoms with Gasteiger partial charge >= 0.3 is 5.97 Å². The summed E-state index contributed by atoms with van der Waals surface area (Å²) >= 11 is 1.54. The van der Waals surface area contributed by atoms with E-state index in [-0.39, 0.29) is 30.9 Å². The molecule has 138 valence electrons. The summed E-state index contributed by atoms with van der Waals surface area (Å²) in [6, 6.07) is 10.2. The maximum Gasteiger partial charge on any atom is 0.344 e. The average molecular weight is 375 g/mol. The lowest BCUT2D eigenvalue weighted by atomic mass is 10.1. The van der Waals surface area contributed by atoms with Gasteiger partial charge < -0.3 is 14.8 Å². The van der Waals surface area contributed by atoms with Crippen molar-refractivity contribution < 1.29 is 23.9 Å². The Kier molecular flexibility index (Phi) is 7.35. The van der Waals surface area contributed by atoms with E-state index in [4.69, 9.17) is 9.47 Å². The van der Waals surface area contributed by atoms with Crippen molar-refractivity contribution in [3.05, 3.63) is 52.2 Å². The van der Waals surface area contributed by atoms with Crippen molar-refractivity contribution in [2.24, 2.45) is 0 Å². The highest BCUT2D eigenvalue weighted by Crippen LogP contribution is 2.17. The Morgan fingerprint density at radius 1 is 1.12 bits per heavy atom. The predicted octanol–water partition coefficient (Wildman–Crippen LogP) is 3.14. The van der Waals surface area contributed by atoms with Crippen LogP contribution in [0.5, 0.6) is 5.75 Å². The number of rotatable bonds is 9. The highest BCUT2D eigenvalue weighted by Gasteiger charge is 2.13. The van der Waals surface area contributed by atoms with Crippen LogP contribution in [0.4, 0.5) is 0 Å². The van der Waals surface area contributed by atoms with Crippen LogP contribution < -0.4 is 10.1 Å². The molecule has 0 spiro atoms. The molecule has 1 atom stereocenters. The molecule has 1 aromatic carbocycles.